The Balaban J connectivity index is 1.32. The summed E-state index contributed by atoms with van der Waals surface area (Å²) in [5, 5.41) is 12.2. The summed E-state index contributed by atoms with van der Waals surface area (Å²) in [4.78, 5) is 16.7. The molecule has 1 amide bonds. The fourth-order valence-electron chi connectivity index (χ4n) is 4.43. The summed E-state index contributed by atoms with van der Waals surface area (Å²) in [6.07, 6.45) is 5.85. The molecule has 2 aliphatic rings. The molecule has 0 atom stereocenters. The van der Waals surface area contributed by atoms with Crippen molar-refractivity contribution < 1.29 is 9.53 Å². The molecule has 1 aromatic carbocycles. The second-order valence-corrected chi connectivity index (χ2v) is 8.20. The third-order valence-corrected chi connectivity index (χ3v) is 6.22. The lowest BCUT2D eigenvalue weighted by Gasteiger charge is -2.37. The fraction of sp³-hybridized carbons (Fsp3) is 0.652. The zero-order valence-electron chi connectivity index (χ0n) is 17.6. The van der Waals surface area contributed by atoms with E-state index < -0.39 is 0 Å². The molecule has 1 aliphatic heterocycles. The number of nitriles is 1. The summed E-state index contributed by atoms with van der Waals surface area (Å²) in [5.74, 6) is 0.800. The van der Waals surface area contributed by atoms with Crippen LogP contribution in [0.1, 0.15) is 44.6 Å². The van der Waals surface area contributed by atoms with Crippen LogP contribution in [0, 0.1) is 17.2 Å². The van der Waals surface area contributed by atoms with E-state index in [-0.39, 0.29) is 12.5 Å². The summed E-state index contributed by atoms with van der Waals surface area (Å²) in [6.45, 7) is 8.05. The van der Waals surface area contributed by atoms with Gasteiger partial charge in [-0.3, -0.25) is 9.69 Å². The molecule has 2 fully saturated rings. The molecule has 6 heteroatoms. The largest absolute Gasteiger partial charge is 0.372 e. The highest BCUT2D eigenvalue weighted by atomic mass is 16.5. The minimum Gasteiger partial charge on any atom is -0.372 e. The summed E-state index contributed by atoms with van der Waals surface area (Å²) in [7, 11) is 0. The molecule has 1 aliphatic carbocycles. The van der Waals surface area contributed by atoms with E-state index in [0.717, 1.165) is 62.7 Å². The number of nitrogens with zero attached hydrogens (tertiary/aromatic N) is 3. The molecule has 1 aromatic rings. The highest BCUT2D eigenvalue weighted by Crippen LogP contribution is 2.27. The molecule has 0 radical (unpaired) electrons. The van der Waals surface area contributed by atoms with Gasteiger partial charge >= 0.3 is 0 Å². The van der Waals surface area contributed by atoms with Crippen LogP contribution in [0.25, 0.3) is 0 Å². The molecule has 3 rings (SSSR count). The summed E-state index contributed by atoms with van der Waals surface area (Å²) in [5.41, 5.74) is 1.89. The average Bonchev–Trinajstić information content (AvgIpc) is 2.77. The predicted octanol–water partition coefficient (Wildman–Crippen LogP) is 2.78. The molecular weight excluding hydrogens is 364 g/mol. The van der Waals surface area contributed by atoms with Crippen LogP contribution in [0.4, 0.5) is 5.69 Å². The van der Waals surface area contributed by atoms with E-state index in [1.807, 2.05) is 25.1 Å². The monoisotopic (exact) mass is 398 g/mol. The SMILES string of the molecule is CCOCC(=O)N[C@H]1CC[C@H](CCN2CCN(c3cccc(C#N)c3)CC2)CC1. The molecule has 1 saturated carbocycles. The molecule has 1 saturated heterocycles. The number of anilines is 1. The molecule has 0 unspecified atom stereocenters. The van der Waals surface area contributed by atoms with Gasteiger partial charge in [0.05, 0.1) is 11.6 Å². The quantitative estimate of drug-likeness (QED) is 0.729. The Morgan fingerprint density at radius 3 is 2.66 bits per heavy atom. The third kappa shape index (κ3) is 6.73. The highest BCUT2D eigenvalue weighted by molar-refractivity contribution is 5.77. The minimum atomic E-state index is 0.0217. The van der Waals surface area contributed by atoms with Crippen molar-refractivity contribution in [3.05, 3.63) is 29.8 Å². The number of ether oxygens (including phenoxy) is 1. The Morgan fingerprint density at radius 1 is 1.21 bits per heavy atom. The number of nitrogens with one attached hydrogen (secondary N) is 1. The number of piperazine rings is 1. The van der Waals surface area contributed by atoms with E-state index >= 15 is 0 Å². The van der Waals surface area contributed by atoms with E-state index in [1.54, 1.807) is 0 Å². The number of hydrogen-bond acceptors (Lipinski definition) is 5. The number of carbonyl (C=O) groups excluding carboxylic acids is 1. The molecule has 29 heavy (non-hydrogen) atoms. The van der Waals surface area contributed by atoms with Crippen molar-refractivity contribution in [2.24, 2.45) is 5.92 Å². The van der Waals surface area contributed by atoms with Crippen molar-refractivity contribution in [3.8, 4) is 6.07 Å². The molecule has 6 nitrogen and oxygen atoms in total. The molecule has 0 spiro atoms. The molecule has 1 heterocycles. The van der Waals surface area contributed by atoms with Gasteiger partial charge in [0.25, 0.3) is 0 Å². The molecule has 1 N–H and O–H groups in total. The summed E-state index contributed by atoms with van der Waals surface area (Å²) >= 11 is 0. The number of carbonyl (C=O) groups is 1. The third-order valence-electron chi connectivity index (χ3n) is 6.22. The Bertz CT molecular complexity index is 686. The standard InChI is InChI=1S/C23H34N4O2/c1-2-29-18-23(28)25-21-8-6-19(7-9-21)10-11-26-12-14-27(15-13-26)22-5-3-4-20(16-22)17-24/h3-5,16,19,21H,2,6-15,18H2,1H3,(H,25,28)/t19-,21-. The lowest BCUT2D eigenvalue weighted by Crippen LogP contribution is -2.47. The van der Waals surface area contributed by atoms with E-state index in [1.165, 1.54) is 19.3 Å². The van der Waals surface area contributed by atoms with E-state index in [0.29, 0.717) is 12.6 Å². The first-order valence-corrected chi connectivity index (χ1v) is 11.0. The Kier molecular flexibility index (Phi) is 8.33. The number of rotatable bonds is 8. The predicted molar refractivity (Wildman–Crippen MR) is 115 cm³/mol. The van der Waals surface area contributed by atoms with Gasteiger partial charge in [0, 0.05) is 44.5 Å². The number of hydrogen-bond donors (Lipinski definition) is 1. The Labute approximate surface area is 174 Å². The first-order valence-electron chi connectivity index (χ1n) is 11.0. The smallest absolute Gasteiger partial charge is 0.246 e. The fourth-order valence-corrected chi connectivity index (χ4v) is 4.43. The summed E-state index contributed by atoms with van der Waals surface area (Å²) in [6, 6.07) is 10.5. The zero-order valence-corrected chi connectivity index (χ0v) is 17.6. The second-order valence-electron chi connectivity index (χ2n) is 8.20. The van der Waals surface area contributed by atoms with Gasteiger partial charge in [-0.15, -0.1) is 0 Å². The highest BCUT2D eigenvalue weighted by Gasteiger charge is 2.24. The molecular formula is C23H34N4O2. The summed E-state index contributed by atoms with van der Waals surface area (Å²) < 4.78 is 5.18. The number of benzene rings is 1. The van der Waals surface area contributed by atoms with Crippen LogP contribution in [-0.2, 0) is 9.53 Å². The lowest BCUT2D eigenvalue weighted by molar-refractivity contribution is -0.126. The van der Waals surface area contributed by atoms with E-state index in [4.69, 9.17) is 10.00 Å². The van der Waals surface area contributed by atoms with E-state index in [9.17, 15) is 4.79 Å². The van der Waals surface area contributed by atoms with Crippen LogP contribution < -0.4 is 10.2 Å². The van der Waals surface area contributed by atoms with Crippen molar-refractivity contribution in [2.75, 3.05) is 50.8 Å². The maximum Gasteiger partial charge on any atom is 0.246 e. The topological polar surface area (TPSA) is 68.6 Å². The van der Waals surface area contributed by atoms with Gasteiger partial charge in [-0.1, -0.05) is 6.07 Å². The van der Waals surface area contributed by atoms with Crippen LogP contribution in [0.5, 0.6) is 0 Å². The van der Waals surface area contributed by atoms with Gasteiger partial charge in [-0.25, -0.2) is 0 Å². The average molecular weight is 399 g/mol. The second kappa shape index (κ2) is 11.2. The van der Waals surface area contributed by atoms with E-state index in [2.05, 4.69) is 27.3 Å². The van der Waals surface area contributed by atoms with Crippen molar-refractivity contribution in [3.63, 3.8) is 0 Å². The van der Waals surface area contributed by atoms with Crippen molar-refractivity contribution in [1.29, 1.82) is 5.26 Å². The maximum absolute atomic E-state index is 11.8. The first kappa shape index (κ1) is 21.6. The van der Waals surface area contributed by atoms with Gasteiger partial charge in [0.2, 0.25) is 5.91 Å². The first-order chi connectivity index (χ1) is 14.2. The normalized spacial score (nSPS) is 22.8. The molecule has 0 bridgehead atoms. The van der Waals surface area contributed by atoms with Crippen molar-refractivity contribution in [2.45, 2.75) is 45.1 Å². The lowest BCUT2D eigenvalue weighted by atomic mass is 9.84. The molecule has 0 aromatic heterocycles. The Hall–Kier alpha value is -2.10. The van der Waals surface area contributed by atoms with Gasteiger partial charge in [-0.2, -0.15) is 5.26 Å². The van der Waals surface area contributed by atoms with Gasteiger partial charge in [0.15, 0.2) is 0 Å². The zero-order chi connectivity index (χ0) is 20.5. The van der Waals surface area contributed by atoms with Crippen LogP contribution >= 0.6 is 0 Å². The Morgan fingerprint density at radius 2 is 1.97 bits per heavy atom. The number of amides is 1. The van der Waals surface area contributed by atoms with Crippen LogP contribution in [0.3, 0.4) is 0 Å². The van der Waals surface area contributed by atoms with Gasteiger partial charge < -0.3 is 15.0 Å². The van der Waals surface area contributed by atoms with Crippen molar-refractivity contribution >= 4 is 11.6 Å². The van der Waals surface area contributed by atoms with Crippen LogP contribution in [0.15, 0.2) is 24.3 Å². The maximum atomic E-state index is 11.8. The van der Waals surface area contributed by atoms with Crippen LogP contribution in [-0.4, -0.2) is 62.8 Å². The van der Waals surface area contributed by atoms with Gasteiger partial charge in [0.1, 0.15) is 6.61 Å². The molecule has 158 valence electrons. The van der Waals surface area contributed by atoms with Crippen LogP contribution in [0.2, 0.25) is 0 Å². The van der Waals surface area contributed by atoms with Crippen molar-refractivity contribution in [1.82, 2.24) is 10.2 Å². The minimum absolute atomic E-state index is 0.0217. The van der Waals surface area contributed by atoms with Gasteiger partial charge in [-0.05, 0) is 69.7 Å².